The first kappa shape index (κ1) is 17.3. The second-order valence-corrected chi connectivity index (χ2v) is 7.22. The first-order chi connectivity index (χ1) is 11.6. The molecule has 1 aliphatic carbocycles. The van der Waals surface area contributed by atoms with Crippen molar-refractivity contribution in [2.24, 2.45) is 5.92 Å². The summed E-state index contributed by atoms with van der Waals surface area (Å²) in [7, 11) is 0. The van der Waals surface area contributed by atoms with E-state index in [-0.39, 0.29) is 17.7 Å². The van der Waals surface area contributed by atoms with Crippen LogP contribution in [0.3, 0.4) is 0 Å². The lowest BCUT2D eigenvalue weighted by Gasteiger charge is -2.28. The van der Waals surface area contributed by atoms with E-state index in [0.29, 0.717) is 37.6 Å². The molecule has 1 heterocycles. The van der Waals surface area contributed by atoms with Gasteiger partial charge in [0, 0.05) is 43.5 Å². The maximum Gasteiger partial charge on any atom is 0.225 e. The maximum atomic E-state index is 12.7. The number of benzene rings is 1. The summed E-state index contributed by atoms with van der Waals surface area (Å²) in [4.78, 5) is 28.9. The SMILES string of the molecule is O=C1CCN(C(=O)C2CCCCC2)CCN1Cc1ccccc1Cl. The Balaban J connectivity index is 1.61. The molecule has 2 amide bonds. The molecule has 1 aromatic carbocycles. The van der Waals surface area contributed by atoms with Crippen molar-refractivity contribution in [3.8, 4) is 0 Å². The summed E-state index contributed by atoms with van der Waals surface area (Å²) in [5.41, 5.74) is 0.958. The van der Waals surface area contributed by atoms with Crippen LogP contribution in [-0.4, -0.2) is 41.2 Å². The fourth-order valence-corrected chi connectivity index (χ4v) is 3.89. The Hall–Kier alpha value is -1.55. The van der Waals surface area contributed by atoms with Crippen LogP contribution in [0, 0.1) is 5.92 Å². The average molecular weight is 349 g/mol. The predicted octanol–water partition coefficient (Wildman–Crippen LogP) is 3.48. The third-order valence-corrected chi connectivity index (χ3v) is 5.54. The summed E-state index contributed by atoms with van der Waals surface area (Å²) in [6, 6.07) is 7.62. The van der Waals surface area contributed by atoms with Crippen LogP contribution in [-0.2, 0) is 16.1 Å². The van der Waals surface area contributed by atoms with Crippen molar-refractivity contribution in [1.29, 1.82) is 0 Å². The molecule has 3 rings (SSSR count). The van der Waals surface area contributed by atoms with E-state index < -0.39 is 0 Å². The van der Waals surface area contributed by atoms with Crippen LogP contribution < -0.4 is 0 Å². The minimum Gasteiger partial charge on any atom is -0.340 e. The monoisotopic (exact) mass is 348 g/mol. The molecule has 0 radical (unpaired) electrons. The highest BCUT2D eigenvalue weighted by Crippen LogP contribution is 2.26. The van der Waals surface area contributed by atoms with Gasteiger partial charge in [-0.3, -0.25) is 9.59 Å². The van der Waals surface area contributed by atoms with Crippen LogP contribution in [0.2, 0.25) is 5.02 Å². The lowest BCUT2D eigenvalue weighted by atomic mass is 9.88. The number of carbonyl (C=O) groups is 2. The molecule has 24 heavy (non-hydrogen) atoms. The molecular formula is C19H25ClN2O2. The van der Waals surface area contributed by atoms with Gasteiger partial charge in [-0.25, -0.2) is 0 Å². The van der Waals surface area contributed by atoms with Gasteiger partial charge in [0.2, 0.25) is 11.8 Å². The first-order valence-electron chi connectivity index (χ1n) is 8.95. The second kappa shape index (κ2) is 8.02. The van der Waals surface area contributed by atoms with Crippen molar-refractivity contribution in [1.82, 2.24) is 9.80 Å². The Bertz CT molecular complexity index is 599. The molecule has 4 nitrogen and oxygen atoms in total. The molecule has 0 spiro atoms. The third-order valence-electron chi connectivity index (χ3n) is 5.17. The predicted molar refractivity (Wildman–Crippen MR) is 94.6 cm³/mol. The molecule has 1 aliphatic heterocycles. The van der Waals surface area contributed by atoms with Crippen LogP contribution in [0.5, 0.6) is 0 Å². The zero-order valence-corrected chi connectivity index (χ0v) is 14.8. The van der Waals surface area contributed by atoms with Crippen molar-refractivity contribution in [3.05, 3.63) is 34.9 Å². The summed E-state index contributed by atoms with van der Waals surface area (Å²) in [5.74, 6) is 0.528. The highest BCUT2D eigenvalue weighted by atomic mass is 35.5. The topological polar surface area (TPSA) is 40.6 Å². The van der Waals surface area contributed by atoms with Crippen molar-refractivity contribution in [3.63, 3.8) is 0 Å². The third kappa shape index (κ3) is 4.10. The molecule has 1 saturated heterocycles. The number of amides is 2. The van der Waals surface area contributed by atoms with E-state index in [0.717, 1.165) is 31.2 Å². The van der Waals surface area contributed by atoms with Gasteiger partial charge in [0.15, 0.2) is 0 Å². The number of hydrogen-bond acceptors (Lipinski definition) is 2. The molecule has 1 aromatic rings. The van der Waals surface area contributed by atoms with Gasteiger partial charge in [-0.15, -0.1) is 0 Å². The largest absolute Gasteiger partial charge is 0.340 e. The molecular weight excluding hydrogens is 324 g/mol. The Morgan fingerprint density at radius 3 is 2.58 bits per heavy atom. The van der Waals surface area contributed by atoms with E-state index in [9.17, 15) is 9.59 Å². The fraction of sp³-hybridized carbons (Fsp3) is 0.579. The summed E-state index contributed by atoms with van der Waals surface area (Å²) in [6.45, 7) is 2.28. The van der Waals surface area contributed by atoms with Crippen LogP contribution in [0.15, 0.2) is 24.3 Å². The van der Waals surface area contributed by atoms with Crippen molar-refractivity contribution >= 4 is 23.4 Å². The lowest BCUT2D eigenvalue weighted by Crippen LogP contribution is -2.39. The van der Waals surface area contributed by atoms with Crippen molar-refractivity contribution < 1.29 is 9.59 Å². The Morgan fingerprint density at radius 2 is 1.83 bits per heavy atom. The highest BCUT2D eigenvalue weighted by Gasteiger charge is 2.29. The molecule has 0 atom stereocenters. The Labute approximate surface area is 148 Å². The quantitative estimate of drug-likeness (QED) is 0.839. The van der Waals surface area contributed by atoms with E-state index >= 15 is 0 Å². The van der Waals surface area contributed by atoms with Gasteiger partial charge in [-0.2, -0.15) is 0 Å². The maximum absolute atomic E-state index is 12.7. The zero-order valence-electron chi connectivity index (χ0n) is 14.0. The Kier molecular flexibility index (Phi) is 5.77. The first-order valence-corrected chi connectivity index (χ1v) is 9.33. The molecule has 2 fully saturated rings. The Morgan fingerprint density at radius 1 is 1.08 bits per heavy atom. The number of nitrogens with zero attached hydrogens (tertiary/aromatic N) is 2. The van der Waals surface area contributed by atoms with Gasteiger partial charge in [0.1, 0.15) is 0 Å². The number of rotatable bonds is 3. The molecule has 130 valence electrons. The minimum absolute atomic E-state index is 0.105. The molecule has 5 heteroatoms. The van der Waals surface area contributed by atoms with E-state index in [1.807, 2.05) is 34.1 Å². The second-order valence-electron chi connectivity index (χ2n) is 6.82. The molecule has 2 aliphatic rings. The standard InChI is InChI=1S/C19H25ClN2O2/c20-17-9-5-4-8-16(17)14-22-13-12-21(11-10-18(22)23)19(24)15-6-2-1-3-7-15/h4-5,8-9,15H,1-3,6-7,10-14H2. The molecule has 0 aromatic heterocycles. The smallest absolute Gasteiger partial charge is 0.225 e. The normalized spacial score (nSPS) is 20.1. The number of carbonyl (C=O) groups excluding carboxylic acids is 2. The van der Waals surface area contributed by atoms with Crippen molar-refractivity contribution in [2.45, 2.75) is 45.1 Å². The van der Waals surface area contributed by atoms with E-state index in [2.05, 4.69) is 0 Å². The highest BCUT2D eigenvalue weighted by molar-refractivity contribution is 6.31. The van der Waals surface area contributed by atoms with E-state index in [1.54, 1.807) is 0 Å². The van der Waals surface area contributed by atoms with Gasteiger partial charge >= 0.3 is 0 Å². The van der Waals surface area contributed by atoms with Gasteiger partial charge in [0.25, 0.3) is 0 Å². The molecule has 0 bridgehead atoms. The van der Waals surface area contributed by atoms with Crippen molar-refractivity contribution in [2.75, 3.05) is 19.6 Å². The number of halogens is 1. The van der Waals surface area contributed by atoms with Gasteiger partial charge in [-0.05, 0) is 24.5 Å². The van der Waals surface area contributed by atoms with Gasteiger partial charge in [0.05, 0.1) is 0 Å². The van der Waals surface area contributed by atoms with Crippen LogP contribution in [0.25, 0.3) is 0 Å². The molecule has 0 N–H and O–H groups in total. The molecule has 0 unspecified atom stereocenters. The summed E-state index contributed by atoms with van der Waals surface area (Å²) >= 11 is 6.21. The summed E-state index contributed by atoms with van der Waals surface area (Å²) < 4.78 is 0. The average Bonchev–Trinajstić information content (AvgIpc) is 2.79. The number of hydrogen-bond donors (Lipinski definition) is 0. The van der Waals surface area contributed by atoms with Gasteiger partial charge in [-0.1, -0.05) is 49.1 Å². The molecule has 1 saturated carbocycles. The van der Waals surface area contributed by atoms with Crippen LogP contribution >= 0.6 is 11.6 Å². The van der Waals surface area contributed by atoms with E-state index in [1.165, 1.54) is 6.42 Å². The van der Waals surface area contributed by atoms with Crippen LogP contribution in [0.4, 0.5) is 0 Å². The minimum atomic E-state index is 0.105. The zero-order chi connectivity index (χ0) is 16.9. The van der Waals surface area contributed by atoms with Crippen LogP contribution in [0.1, 0.15) is 44.1 Å². The summed E-state index contributed by atoms with van der Waals surface area (Å²) in [5, 5.41) is 0.685. The summed E-state index contributed by atoms with van der Waals surface area (Å²) in [6.07, 6.45) is 5.97. The lowest BCUT2D eigenvalue weighted by molar-refractivity contribution is -0.136. The van der Waals surface area contributed by atoms with E-state index in [4.69, 9.17) is 11.6 Å². The van der Waals surface area contributed by atoms with Gasteiger partial charge < -0.3 is 9.80 Å². The fourth-order valence-electron chi connectivity index (χ4n) is 3.69.